The molecule has 0 fully saturated rings. The van der Waals surface area contributed by atoms with Crippen molar-refractivity contribution in [2.24, 2.45) is 5.92 Å². The van der Waals surface area contributed by atoms with Crippen molar-refractivity contribution < 1.29 is 14.3 Å². The van der Waals surface area contributed by atoms with Crippen molar-refractivity contribution in [2.75, 3.05) is 14.2 Å². The smallest absolute Gasteiger partial charge is 0.220 e. The predicted molar refractivity (Wildman–Crippen MR) is 105 cm³/mol. The Bertz CT molecular complexity index is 678. The van der Waals surface area contributed by atoms with Crippen molar-refractivity contribution in [3.63, 3.8) is 0 Å². The zero-order valence-corrected chi connectivity index (χ0v) is 16.1. The summed E-state index contributed by atoms with van der Waals surface area (Å²) in [6, 6.07) is 15.8. The van der Waals surface area contributed by atoms with Gasteiger partial charge in [0.05, 0.1) is 20.3 Å². The van der Waals surface area contributed by atoms with Gasteiger partial charge in [-0.25, -0.2) is 0 Å². The van der Waals surface area contributed by atoms with E-state index in [1.807, 2.05) is 48.5 Å². The Hall–Kier alpha value is -2.49. The van der Waals surface area contributed by atoms with Crippen LogP contribution in [0.15, 0.2) is 48.5 Å². The van der Waals surface area contributed by atoms with E-state index in [2.05, 4.69) is 19.2 Å². The molecule has 0 aliphatic rings. The normalized spacial score (nSPS) is 11.9. The summed E-state index contributed by atoms with van der Waals surface area (Å²) in [5.74, 6) is 2.24. The Morgan fingerprint density at radius 2 is 1.46 bits per heavy atom. The third kappa shape index (κ3) is 6.10. The number of rotatable bonds is 9. The standard InChI is InChI=1S/C22H29NO3/c1-16(2)5-14-22(24)23-21(18-8-12-20(26-4)13-9-18)15-17-6-10-19(25-3)11-7-17/h6-13,16,21H,5,14-15H2,1-4H3,(H,23,24). The number of benzene rings is 2. The minimum Gasteiger partial charge on any atom is -0.497 e. The minimum absolute atomic E-state index is 0.0750. The molecule has 0 radical (unpaired) electrons. The number of methoxy groups -OCH3 is 2. The molecule has 26 heavy (non-hydrogen) atoms. The van der Waals surface area contributed by atoms with E-state index in [-0.39, 0.29) is 11.9 Å². The molecular formula is C22H29NO3. The van der Waals surface area contributed by atoms with Crippen molar-refractivity contribution in [3.05, 3.63) is 59.7 Å². The fourth-order valence-corrected chi connectivity index (χ4v) is 2.77. The van der Waals surface area contributed by atoms with Gasteiger partial charge >= 0.3 is 0 Å². The molecule has 0 aromatic heterocycles. The van der Waals surface area contributed by atoms with Gasteiger partial charge in [-0.2, -0.15) is 0 Å². The highest BCUT2D eigenvalue weighted by molar-refractivity contribution is 5.76. The SMILES string of the molecule is COc1ccc(CC(NC(=O)CCC(C)C)c2ccc(OC)cc2)cc1. The number of carbonyl (C=O) groups is 1. The molecule has 0 aliphatic carbocycles. The molecule has 1 unspecified atom stereocenters. The Morgan fingerprint density at radius 1 is 0.923 bits per heavy atom. The Morgan fingerprint density at radius 3 is 1.96 bits per heavy atom. The van der Waals surface area contributed by atoms with E-state index in [1.54, 1.807) is 14.2 Å². The van der Waals surface area contributed by atoms with Crippen LogP contribution in [-0.4, -0.2) is 20.1 Å². The number of amides is 1. The molecule has 0 saturated carbocycles. The van der Waals surface area contributed by atoms with Crippen LogP contribution in [-0.2, 0) is 11.2 Å². The van der Waals surface area contributed by atoms with E-state index in [1.165, 1.54) is 0 Å². The van der Waals surface area contributed by atoms with Gasteiger partial charge < -0.3 is 14.8 Å². The molecule has 2 rings (SSSR count). The van der Waals surface area contributed by atoms with E-state index in [0.29, 0.717) is 12.3 Å². The maximum absolute atomic E-state index is 12.4. The molecule has 1 atom stereocenters. The van der Waals surface area contributed by atoms with Crippen LogP contribution >= 0.6 is 0 Å². The van der Waals surface area contributed by atoms with Crippen LogP contribution in [0.2, 0.25) is 0 Å². The second-order valence-electron chi connectivity index (χ2n) is 6.88. The zero-order valence-electron chi connectivity index (χ0n) is 16.1. The molecule has 0 saturated heterocycles. The molecule has 1 amide bonds. The number of ether oxygens (including phenoxy) is 2. The van der Waals surface area contributed by atoms with Gasteiger partial charge in [-0.05, 0) is 54.2 Å². The fourth-order valence-electron chi connectivity index (χ4n) is 2.77. The number of carbonyl (C=O) groups excluding carboxylic acids is 1. The Balaban J connectivity index is 2.14. The van der Waals surface area contributed by atoms with Crippen molar-refractivity contribution in [1.82, 2.24) is 5.32 Å². The van der Waals surface area contributed by atoms with Gasteiger partial charge in [0.1, 0.15) is 11.5 Å². The van der Waals surface area contributed by atoms with E-state index < -0.39 is 0 Å². The average molecular weight is 355 g/mol. The van der Waals surface area contributed by atoms with Crippen LogP contribution in [0, 0.1) is 5.92 Å². The first kappa shape index (κ1) is 19.8. The van der Waals surface area contributed by atoms with E-state index in [0.717, 1.165) is 35.5 Å². The lowest BCUT2D eigenvalue weighted by Gasteiger charge is -2.20. The molecular weight excluding hydrogens is 326 g/mol. The average Bonchev–Trinajstić information content (AvgIpc) is 2.66. The first-order valence-corrected chi connectivity index (χ1v) is 9.08. The van der Waals surface area contributed by atoms with Crippen molar-refractivity contribution in [3.8, 4) is 11.5 Å². The first-order chi connectivity index (χ1) is 12.5. The topological polar surface area (TPSA) is 47.6 Å². The lowest BCUT2D eigenvalue weighted by molar-refractivity contribution is -0.122. The highest BCUT2D eigenvalue weighted by Gasteiger charge is 2.16. The highest BCUT2D eigenvalue weighted by atomic mass is 16.5. The number of hydrogen-bond acceptors (Lipinski definition) is 3. The predicted octanol–water partition coefficient (Wildman–Crippen LogP) is 4.54. The number of nitrogens with one attached hydrogen (secondary N) is 1. The molecule has 0 bridgehead atoms. The Kier molecular flexibility index (Phi) is 7.52. The quantitative estimate of drug-likeness (QED) is 0.718. The van der Waals surface area contributed by atoms with Gasteiger partial charge in [-0.3, -0.25) is 4.79 Å². The summed E-state index contributed by atoms with van der Waals surface area (Å²) in [5, 5.41) is 3.19. The lowest BCUT2D eigenvalue weighted by atomic mass is 9.98. The largest absolute Gasteiger partial charge is 0.497 e. The zero-order chi connectivity index (χ0) is 18.9. The van der Waals surface area contributed by atoms with Crippen molar-refractivity contribution >= 4 is 5.91 Å². The molecule has 4 heteroatoms. The second kappa shape index (κ2) is 9.85. The molecule has 0 aliphatic heterocycles. The summed E-state index contributed by atoms with van der Waals surface area (Å²) in [6.45, 7) is 4.26. The van der Waals surface area contributed by atoms with Gasteiger partial charge in [0.25, 0.3) is 0 Å². The van der Waals surface area contributed by atoms with Crippen LogP contribution in [0.25, 0.3) is 0 Å². The van der Waals surface area contributed by atoms with Gasteiger partial charge in [-0.15, -0.1) is 0 Å². The maximum Gasteiger partial charge on any atom is 0.220 e. The lowest BCUT2D eigenvalue weighted by Crippen LogP contribution is -2.30. The minimum atomic E-state index is -0.0750. The summed E-state index contributed by atoms with van der Waals surface area (Å²) >= 11 is 0. The molecule has 4 nitrogen and oxygen atoms in total. The van der Waals surface area contributed by atoms with Gasteiger partial charge in [0.15, 0.2) is 0 Å². The van der Waals surface area contributed by atoms with Gasteiger partial charge in [0.2, 0.25) is 5.91 Å². The van der Waals surface area contributed by atoms with Crippen LogP contribution in [0.4, 0.5) is 0 Å². The summed E-state index contributed by atoms with van der Waals surface area (Å²) in [4.78, 5) is 12.4. The van der Waals surface area contributed by atoms with Crippen LogP contribution < -0.4 is 14.8 Å². The first-order valence-electron chi connectivity index (χ1n) is 9.08. The maximum atomic E-state index is 12.4. The van der Waals surface area contributed by atoms with E-state index >= 15 is 0 Å². The highest BCUT2D eigenvalue weighted by Crippen LogP contribution is 2.23. The monoisotopic (exact) mass is 355 g/mol. The summed E-state index contributed by atoms with van der Waals surface area (Å²) in [6.07, 6.45) is 2.17. The number of hydrogen-bond donors (Lipinski definition) is 1. The second-order valence-corrected chi connectivity index (χ2v) is 6.88. The van der Waals surface area contributed by atoms with Crippen molar-refractivity contribution in [2.45, 2.75) is 39.2 Å². The van der Waals surface area contributed by atoms with Gasteiger partial charge in [0, 0.05) is 6.42 Å². The Labute approximate surface area is 156 Å². The molecule has 0 spiro atoms. The van der Waals surface area contributed by atoms with Crippen LogP contribution in [0.3, 0.4) is 0 Å². The molecule has 0 heterocycles. The molecule has 2 aromatic carbocycles. The fraction of sp³-hybridized carbons (Fsp3) is 0.409. The van der Waals surface area contributed by atoms with E-state index in [9.17, 15) is 4.79 Å². The summed E-state index contributed by atoms with van der Waals surface area (Å²) in [5.41, 5.74) is 2.22. The molecule has 1 N–H and O–H groups in total. The third-order valence-corrected chi connectivity index (χ3v) is 4.40. The van der Waals surface area contributed by atoms with E-state index in [4.69, 9.17) is 9.47 Å². The van der Waals surface area contributed by atoms with Crippen LogP contribution in [0.1, 0.15) is 43.9 Å². The molecule has 2 aromatic rings. The third-order valence-electron chi connectivity index (χ3n) is 4.40. The van der Waals surface area contributed by atoms with Crippen LogP contribution in [0.5, 0.6) is 11.5 Å². The molecule has 140 valence electrons. The summed E-state index contributed by atoms with van der Waals surface area (Å²) in [7, 11) is 3.31. The van der Waals surface area contributed by atoms with Gasteiger partial charge in [-0.1, -0.05) is 38.1 Å². The van der Waals surface area contributed by atoms with Crippen molar-refractivity contribution in [1.29, 1.82) is 0 Å². The summed E-state index contributed by atoms with van der Waals surface area (Å²) < 4.78 is 10.5.